The zero-order chi connectivity index (χ0) is 31.4. The number of carbonyl (C=O) groups is 3. The van der Waals surface area contributed by atoms with Crippen LogP contribution in [0.1, 0.15) is 47.8 Å². The lowest BCUT2D eigenvalue weighted by atomic mass is 9.98. The van der Waals surface area contributed by atoms with E-state index in [2.05, 4.69) is 10.6 Å². The van der Waals surface area contributed by atoms with E-state index < -0.39 is 11.7 Å². The van der Waals surface area contributed by atoms with E-state index in [1.165, 1.54) is 4.90 Å². The van der Waals surface area contributed by atoms with E-state index in [-0.39, 0.29) is 11.8 Å². The van der Waals surface area contributed by atoms with Crippen LogP contribution >= 0.6 is 0 Å². The Morgan fingerprint density at radius 1 is 0.818 bits per heavy atom. The predicted molar refractivity (Wildman–Crippen MR) is 175 cm³/mol. The maximum absolute atomic E-state index is 13.5. The third-order valence-corrected chi connectivity index (χ3v) is 7.12. The van der Waals surface area contributed by atoms with Crippen molar-refractivity contribution in [3.05, 3.63) is 125 Å². The lowest BCUT2D eigenvalue weighted by Gasteiger charge is -2.24. The van der Waals surface area contributed by atoms with Crippen molar-refractivity contribution < 1.29 is 19.1 Å². The van der Waals surface area contributed by atoms with Gasteiger partial charge in [-0.15, -0.1) is 0 Å². The van der Waals surface area contributed by atoms with Crippen LogP contribution in [0.4, 0.5) is 21.9 Å². The molecule has 3 amide bonds. The van der Waals surface area contributed by atoms with Crippen molar-refractivity contribution in [2.45, 2.75) is 32.9 Å². The summed E-state index contributed by atoms with van der Waals surface area (Å²) in [5.41, 5.74) is 5.51. The van der Waals surface area contributed by atoms with E-state index in [1.54, 1.807) is 37.2 Å². The monoisotopic (exact) mass is 588 g/mol. The van der Waals surface area contributed by atoms with Gasteiger partial charge in [-0.2, -0.15) is 0 Å². The molecule has 0 saturated heterocycles. The van der Waals surface area contributed by atoms with Gasteiger partial charge >= 0.3 is 6.09 Å². The molecule has 0 fully saturated rings. The van der Waals surface area contributed by atoms with E-state index in [0.717, 1.165) is 22.5 Å². The quantitative estimate of drug-likeness (QED) is 0.222. The number of nitrogens with zero attached hydrogens (tertiary/aromatic N) is 2. The predicted octanol–water partition coefficient (Wildman–Crippen LogP) is 7.26. The fourth-order valence-corrected chi connectivity index (χ4v) is 4.91. The highest BCUT2D eigenvalue weighted by atomic mass is 16.6. The highest BCUT2D eigenvalue weighted by Gasteiger charge is 2.30. The van der Waals surface area contributed by atoms with Gasteiger partial charge in [0.2, 0.25) is 0 Å². The van der Waals surface area contributed by atoms with Crippen molar-refractivity contribution in [2.24, 2.45) is 0 Å². The lowest BCUT2D eigenvalue weighted by Crippen LogP contribution is -2.33. The zero-order valence-electron chi connectivity index (χ0n) is 25.5. The number of hydrogen-bond acceptors (Lipinski definition) is 5. The summed E-state index contributed by atoms with van der Waals surface area (Å²) in [6, 6.07) is 32.0. The normalized spacial score (nSPS) is 13.4. The SMILES string of the molecule is CN(Cc1ccc(N/C(=C2\C(=O)Nc3ccc(C(=O)N(C)c4ccccc4)cc32)c2ccccc2)cc1)C(=O)OC(C)(C)C. The molecule has 1 aliphatic rings. The zero-order valence-corrected chi connectivity index (χ0v) is 25.5. The van der Waals surface area contributed by atoms with Crippen LogP contribution in [0.5, 0.6) is 0 Å². The number of para-hydroxylation sites is 1. The van der Waals surface area contributed by atoms with Gasteiger partial charge in [-0.3, -0.25) is 9.59 Å². The standard InChI is InChI=1S/C36H36N4O4/c1-36(2,3)44-35(43)39(4)23-24-16-19-27(20-17-24)37-32(25-12-8-6-9-13-25)31-29-22-26(18-21-30(29)38-33(31)41)34(42)40(5)28-14-10-7-11-15-28/h6-22,37H,23H2,1-5H3,(H,38,41)/b32-31-. The molecular formula is C36H36N4O4. The van der Waals surface area contributed by atoms with Gasteiger partial charge in [-0.25, -0.2) is 4.79 Å². The van der Waals surface area contributed by atoms with E-state index in [9.17, 15) is 14.4 Å². The molecule has 2 N–H and O–H groups in total. The van der Waals surface area contributed by atoms with Crippen molar-refractivity contribution in [1.82, 2.24) is 4.90 Å². The Morgan fingerprint density at radius 3 is 2.09 bits per heavy atom. The molecule has 224 valence electrons. The third kappa shape index (κ3) is 6.81. The number of carbonyl (C=O) groups excluding carboxylic acids is 3. The second-order valence-electron chi connectivity index (χ2n) is 11.7. The van der Waals surface area contributed by atoms with E-state index >= 15 is 0 Å². The van der Waals surface area contributed by atoms with Crippen LogP contribution in [0.3, 0.4) is 0 Å². The van der Waals surface area contributed by atoms with Gasteiger partial charge in [0, 0.05) is 48.8 Å². The minimum atomic E-state index is -0.572. The van der Waals surface area contributed by atoms with Crippen molar-refractivity contribution in [2.75, 3.05) is 29.6 Å². The molecule has 0 radical (unpaired) electrons. The Morgan fingerprint density at radius 2 is 1.45 bits per heavy atom. The largest absolute Gasteiger partial charge is 0.444 e. The Balaban J connectivity index is 1.46. The van der Waals surface area contributed by atoms with Gasteiger partial charge in [-0.1, -0.05) is 60.7 Å². The second-order valence-corrected chi connectivity index (χ2v) is 11.7. The summed E-state index contributed by atoms with van der Waals surface area (Å²) in [5.74, 6) is -0.443. The summed E-state index contributed by atoms with van der Waals surface area (Å²) in [5, 5.41) is 6.42. The van der Waals surface area contributed by atoms with Crippen molar-refractivity contribution in [1.29, 1.82) is 0 Å². The first-order chi connectivity index (χ1) is 21.0. The number of hydrogen-bond donors (Lipinski definition) is 2. The number of fused-ring (bicyclic) bond motifs is 1. The van der Waals surface area contributed by atoms with Crippen LogP contribution in [0.15, 0.2) is 103 Å². The molecule has 8 nitrogen and oxygen atoms in total. The average Bonchev–Trinajstić information content (AvgIpc) is 3.34. The molecule has 5 rings (SSSR count). The Hall–Kier alpha value is -5.37. The number of ether oxygens (including phenoxy) is 1. The molecule has 0 bridgehead atoms. The molecule has 0 atom stereocenters. The molecule has 1 heterocycles. The summed E-state index contributed by atoms with van der Waals surface area (Å²) >= 11 is 0. The maximum Gasteiger partial charge on any atom is 0.410 e. The van der Waals surface area contributed by atoms with Gasteiger partial charge in [0.15, 0.2) is 0 Å². The topological polar surface area (TPSA) is 91.0 Å². The first-order valence-electron chi connectivity index (χ1n) is 14.4. The third-order valence-electron chi connectivity index (χ3n) is 7.12. The second kappa shape index (κ2) is 12.5. The molecule has 0 spiro atoms. The molecular weight excluding hydrogens is 552 g/mol. The molecule has 8 heteroatoms. The van der Waals surface area contributed by atoms with Crippen LogP contribution in [-0.4, -0.2) is 42.5 Å². The van der Waals surface area contributed by atoms with Gasteiger partial charge in [0.05, 0.1) is 11.3 Å². The molecule has 44 heavy (non-hydrogen) atoms. The van der Waals surface area contributed by atoms with Gasteiger partial charge < -0.3 is 25.2 Å². The van der Waals surface area contributed by atoms with Crippen LogP contribution < -0.4 is 15.5 Å². The number of amides is 3. The highest BCUT2D eigenvalue weighted by Crippen LogP contribution is 2.38. The van der Waals surface area contributed by atoms with E-state index in [0.29, 0.717) is 34.6 Å². The summed E-state index contributed by atoms with van der Waals surface area (Å²) in [6.07, 6.45) is -0.394. The minimum Gasteiger partial charge on any atom is -0.444 e. The van der Waals surface area contributed by atoms with Crippen molar-refractivity contribution >= 4 is 46.2 Å². The molecule has 0 unspecified atom stereocenters. The summed E-state index contributed by atoms with van der Waals surface area (Å²) in [7, 11) is 3.43. The molecule has 4 aromatic rings. The Bertz CT molecular complexity index is 1710. The Labute approximate surface area is 258 Å². The molecule has 0 aliphatic carbocycles. The lowest BCUT2D eigenvalue weighted by molar-refractivity contribution is -0.110. The van der Waals surface area contributed by atoms with Crippen LogP contribution in [0.2, 0.25) is 0 Å². The molecule has 0 aromatic heterocycles. The highest BCUT2D eigenvalue weighted by molar-refractivity contribution is 6.37. The molecule has 4 aromatic carbocycles. The maximum atomic E-state index is 13.5. The van der Waals surface area contributed by atoms with Crippen molar-refractivity contribution in [3.63, 3.8) is 0 Å². The fourth-order valence-electron chi connectivity index (χ4n) is 4.91. The van der Waals surface area contributed by atoms with Crippen LogP contribution in [0, 0.1) is 0 Å². The van der Waals surface area contributed by atoms with Gasteiger partial charge in [0.1, 0.15) is 5.60 Å². The summed E-state index contributed by atoms with van der Waals surface area (Å²) in [4.78, 5) is 42.4. The van der Waals surface area contributed by atoms with Crippen molar-refractivity contribution in [3.8, 4) is 0 Å². The minimum absolute atomic E-state index is 0.182. The van der Waals surface area contributed by atoms with Gasteiger partial charge in [-0.05, 0) is 74.4 Å². The number of anilines is 3. The average molecular weight is 589 g/mol. The molecule has 0 saturated carbocycles. The summed E-state index contributed by atoms with van der Waals surface area (Å²) in [6.45, 7) is 5.89. The Kier molecular flexibility index (Phi) is 8.53. The first-order valence-corrected chi connectivity index (χ1v) is 14.4. The van der Waals surface area contributed by atoms with Crippen LogP contribution in [0.25, 0.3) is 11.3 Å². The smallest absolute Gasteiger partial charge is 0.410 e. The first kappa shape index (κ1) is 30.1. The molecule has 1 aliphatic heterocycles. The number of nitrogens with one attached hydrogen (secondary N) is 2. The fraction of sp³-hybridized carbons (Fsp3) is 0.194. The summed E-state index contributed by atoms with van der Waals surface area (Å²) < 4.78 is 5.46. The van der Waals surface area contributed by atoms with E-state index in [4.69, 9.17) is 4.74 Å². The van der Waals surface area contributed by atoms with E-state index in [1.807, 2.05) is 106 Å². The van der Waals surface area contributed by atoms with Gasteiger partial charge in [0.25, 0.3) is 11.8 Å². The number of rotatable bonds is 7. The number of benzene rings is 4. The van der Waals surface area contributed by atoms with Crippen LogP contribution in [-0.2, 0) is 16.1 Å².